The molecule has 0 spiro atoms. The van der Waals surface area contributed by atoms with Crippen molar-refractivity contribution < 1.29 is 28.7 Å². The highest BCUT2D eigenvalue weighted by Gasteiger charge is 2.42. The number of carbonyl (C=O) groups is 4. The maximum absolute atomic E-state index is 13.3. The number of amides is 2. The second-order valence-electron chi connectivity index (χ2n) is 10.2. The number of thiazole rings is 1. The number of nitrogens with one attached hydrogen (secondary N) is 3. The zero-order valence-electron chi connectivity index (χ0n) is 22.3. The maximum Gasteiger partial charge on any atom is 0.303 e. The van der Waals surface area contributed by atoms with Crippen molar-refractivity contribution in [3.8, 4) is 0 Å². The number of nitrogens with zero attached hydrogens (tertiary/aromatic N) is 2. The molecule has 3 N–H and O–H groups in total. The first-order chi connectivity index (χ1) is 19.0. The highest BCUT2D eigenvalue weighted by molar-refractivity contribution is 7.13. The van der Waals surface area contributed by atoms with Gasteiger partial charge in [0.1, 0.15) is 17.9 Å². The summed E-state index contributed by atoms with van der Waals surface area (Å²) in [6.07, 6.45) is -0.576. The number of hydrogen-bond acceptors (Lipinski definition) is 9. The molecule has 1 fully saturated rings. The van der Waals surface area contributed by atoms with Gasteiger partial charge in [-0.3, -0.25) is 19.2 Å². The van der Waals surface area contributed by atoms with E-state index in [1.165, 1.54) is 25.2 Å². The van der Waals surface area contributed by atoms with Crippen LogP contribution in [0.3, 0.4) is 0 Å². The lowest BCUT2D eigenvalue weighted by atomic mass is 9.85. The number of aromatic nitrogens is 2. The average molecular weight is 588 g/mol. The summed E-state index contributed by atoms with van der Waals surface area (Å²) in [5, 5.41) is 7.63. The number of carbonyl (C=O) groups excluding carboxylic acids is 4. The van der Waals surface area contributed by atoms with Crippen molar-refractivity contribution in [2.75, 3.05) is 13.6 Å². The van der Waals surface area contributed by atoms with Gasteiger partial charge in [0.05, 0.1) is 17.8 Å². The summed E-state index contributed by atoms with van der Waals surface area (Å²) in [4.78, 5) is 61.2. The van der Waals surface area contributed by atoms with Crippen LogP contribution in [-0.4, -0.2) is 76.5 Å². The Morgan fingerprint density at radius 3 is 2.33 bits per heavy atom. The summed E-state index contributed by atoms with van der Waals surface area (Å²) in [5.74, 6) is -1.86. The highest BCUT2D eigenvalue weighted by Crippen LogP contribution is 2.28. The van der Waals surface area contributed by atoms with Gasteiger partial charge in [-0.25, -0.2) is 4.98 Å². The normalized spacial score (nSPS) is 22.8. The molecule has 1 aliphatic carbocycles. The maximum atomic E-state index is 13.3. The molecule has 13 heteroatoms. The van der Waals surface area contributed by atoms with Gasteiger partial charge in [-0.1, -0.05) is 11.6 Å². The second kappa shape index (κ2) is 11.6. The largest absolute Gasteiger partial charge is 0.459 e. The van der Waals surface area contributed by atoms with Crippen molar-refractivity contribution in [1.82, 2.24) is 25.5 Å². The van der Waals surface area contributed by atoms with Crippen molar-refractivity contribution >= 4 is 57.6 Å². The Bertz CT molecular complexity index is 1470. The Morgan fingerprint density at radius 2 is 1.68 bits per heavy atom. The number of halogens is 1. The monoisotopic (exact) mass is 587 g/mol. The standard InChI is InChI=1S/C27H30ClN5O6S/c1-13(34)38-22-10-19(30-25(36)21-9-15-8-16(28)4-5-17(15)29-21)20(11-23(22)39-14(2)35)31-26(37)27-32-18-6-7-33(3)12-24(18)40-27/h4-5,8-9,19-20,22-23,29H,6-7,10-12H2,1-3H3,(H,30,36)(H,31,37)/t19-,20+,22+,23-/m1/s1. The molecule has 0 unspecified atom stereocenters. The van der Waals surface area contributed by atoms with Crippen molar-refractivity contribution in [3.63, 3.8) is 0 Å². The predicted molar refractivity (Wildman–Crippen MR) is 148 cm³/mol. The highest BCUT2D eigenvalue weighted by atomic mass is 35.5. The fourth-order valence-corrected chi connectivity index (χ4v) is 6.52. The number of esters is 2. The molecule has 4 atom stereocenters. The molecule has 212 valence electrons. The zero-order chi connectivity index (χ0) is 28.6. The van der Waals surface area contributed by atoms with Crippen molar-refractivity contribution in [2.24, 2.45) is 0 Å². The zero-order valence-corrected chi connectivity index (χ0v) is 23.9. The summed E-state index contributed by atoms with van der Waals surface area (Å²) >= 11 is 7.44. The Kier molecular flexibility index (Phi) is 8.11. The predicted octanol–water partition coefficient (Wildman–Crippen LogP) is 2.82. The number of benzene rings is 1. The molecule has 3 aromatic rings. The smallest absolute Gasteiger partial charge is 0.303 e. The van der Waals surface area contributed by atoms with E-state index >= 15 is 0 Å². The van der Waals surface area contributed by atoms with Crippen LogP contribution in [0.1, 0.15) is 57.6 Å². The first-order valence-electron chi connectivity index (χ1n) is 13.0. The van der Waals surface area contributed by atoms with Crippen molar-refractivity contribution in [2.45, 2.75) is 63.9 Å². The first kappa shape index (κ1) is 28.1. The fraction of sp³-hybridized carbons (Fsp3) is 0.444. The van der Waals surface area contributed by atoms with Crippen LogP contribution >= 0.6 is 22.9 Å². The third-order valence-electron chi connectivity index (χ3n) is 7.08. The fourth-order valence-electron chi connectivity index (χ4n) is 5.25. The average Bonchev–Trinajstić information content (AvgIpc) is 3.49. The van der Waals surface area contributed by atoms with Crippen LogP contribution in [0.5, 0.6) is 0 Å². The van der Waals surface area contributed by atoms with Gasteiger partial charge in [-0.15, -0.1) is 11.3 Å². The summed E-state index contributed by atoms with van der Waals surface area (Å²) in [7, 11) is 2.02. The summed E-state index contributed by atoms with van der Waals surface area (Å²) in [6.45, 7) is 4.14. The molecule has 1 aromatic carbocycles. The lowest BCUT2D eigenvalue weighted by Crippen LogP contribution is -2.60. The molecule has 3 heterocycles. The molecule has 5 rings (SSSR count). The molecule has 0 bridgehead atoms. The molecule has 2 amide bonds. The minimum absolute atomic E-state index is 0.124. The first-order valence-corrected chi connectivity index (χ1v) is 14.2. The molecule has 0 radical (unpaired) electrons. The van der Waals surface area contributed by atoms with E-state index in [-0.39, 0.29) is 18.7 Å². The molecule has 2 aliphatic rings. The van der Waals surface area contributed by atoms with Crippen molar-refractivity contribution in [1.29, 1.82) is 0 Å². The number of fused-ring (bicyclic) bond motifs is 2. The van der Waals surface area contributed by atoms with Crippen molar-refractivity contribution in [3.05, 3.63) is 50.6 Å². The van der Waals surface area contributed by atoms with Gasteiger partial charge < -0.3 is 30.0 Å². The minimum Gasteiger partial charge on any atom is -0.459 e. The molecule has 0 saturated heterocycles. The number of aromatic amines is 1. The molecule has 1 aliphatic heterocycles. The third kappa shape index (κ3) is 6.29. The van der Waals surface area contributed by atoms with Crippen LogP contribution in [0.15, 0.2) is 24.3 Å². The number of ether oxygens (including phenoxy) is 2. The van der Waals surface area contributed by atoms with E-state index in [1.54, 1.807) is 24.3 Å². The van der Waals surface area contributed by atoms with Gasteiger partial charge in [0.15, 0.2) is 5.01 Å². The Labute approximate surface area is 239 Å². The quantitative estimate of drug-likeness (QED) is 0.374. The van der Waals surface area contributed by atoms with Crippen LogP contribution < -0.4 is 10.6 Å². The SMILES string of the molecule is CC(=O)O[C@H]1C[C@@H](NC(=O)c2cc3cc(Cl)ccc3[nH]2)[C@@H](NC(=O)c2nc3c(s2)CN(C)CC3)C[C@H]1OC(C)=O. The van der Waals surface area contributed by atoms with Crippen LogP contribution in [0.25, 0.3) is 10.9 Å². The lowest BCUT2D eigenvalue weighted by Gasteiger charge is -2.40. The van der Waals surface area contributed by atoms with Crippen LogP contribution in [0, 0.1) is 0 Å². The van der Waals surface area contributed by atoms with E-state index < -0.39 is 42.1 Å². The van der Waals surface area contributed by atoms with Gasteiger partial charge >= 0.3 is 11.9 Å². The van der Waals surface area contributed by atoms with E-state index in [0.717, 1.165) is 41.0 Å². The van der Waals surface area contributed by atoms with E-state index in [4.69, 9.17) is 21.1 Å². The van der Waals surface area contributed by atoms with Crippen LogP contribution in [-0.2, 0) is 32.0 Å². The van der Waals surface area contributed by atoms with E-state index in [2.05, 4.69) is 25.5 Å². The summed E-state index contributed by atoms with van der Waals surface area (Å²) in [5.41, 5.74) is 1.98. The minimum atomic E-state index is -0.802. The lowest BCUT2D eigenvalue weighted by molar-refractivity contribution is -0.170. The second-order valence-corrected chi connectivity index (χ2v) is 11.7. The molecule has 2 aromatic heterocycles. The van der Waals surface area contributed by atoms with E-state index in [1.807, 2.05) is 7.05 Å². The Balaban J connectivity index is 1.39. The number of hydrogen-bond donors (Lipinski definition) is 3. The van der Waals surface area contributed by atoms with Gasteiger partial charge in [0.25, 0.3) is 11.8 Å². The van der Waals surface area contributed by atoms with Gasteiger partial charge in [0, 0.05) is 67.0 Å². The Hall–Kier alpha value is -3.48. The third-order valence-corrected chi connectivity index (χ3v) is 8.40. The number of rotatable bonds is 6. The molecular formula is C27H30ClN5O6S. The van der Waals surface area contributed by atoms with Gasteiger partial charge in [-0.05, 0) is 31.3 Å². The molecular weight excluding hydrogens is 558 g/mol. The van der Waals surface area contributed by atoms with Gasteiger partial charge in [0.2, 0.25) is 0 Å². The Morgan fingerprint density at radius 1 is 1.02 bits per heavy atom. The summed E-state index contributed by atoms with van der Waals surface area (Å²) in [6, 6.07) is 5.68. The van der Waals surface area contributed by atoms with Crippen LogP contribution in [0.4, 0.5) is 0 Å². The molecule has 40 heavy (non-hydrogen) atoms. The summed E-state index contributed by atoms with van der Waals surface area (Å²) < 4.78 is 10.9. The topological polar surface area (TPSA) is 143 Å². The van der Waals surface area contributed by atoms with E-state index in [9.17, 15) is 19.2 Å². The molecule has 1 saturated carbocycles. The molecule has 11 nitrogen and oxygen atoms in total. The van der Waals surface area contributed by atoms with Gasteiger partial charge in [-0.2, -0.15) is 0 Å². The van der Waals surface area contributed by atoms with E-state index in [0.29, 0.717) is 15.7 Å². The van der Waals surface area contributed by atoms with Crippen LogP contribution in [0.2, 0.25) is 5.02 Å². The number of H-pyrrole nitrogens is 1. The number of likely N-dealkylation sites (N-methyl/N-ethyl adjacent to an activating group) is 1.